The minimum absolute atomic E-state index is 0.116. The van der Waals surface area contributed by atoms with E-state index in [1.807, 2.05) is 0 Å². The number of hydrogen-bond acceptors (Lipinski definition) is 5. The summed E-state index contributed by atoms with van der Waals surface area (Å²) in [5, 5.41) is 1.60. The summed E-state index contributed by atoms with van der Waals surface area (Å²) in [6.07, 6.45) is 0.122. The Morgan fingerprint density at radius 3 is 2.43 bits per heavy atom. The van der Waals surface area contributed by atoms with E-state index in [4.69, 9.17) is 44.3 Å². The summed E-state index contributed by atoms with van der Waals surface area (Å²) in [7, 11) is 1.52. The first-order chi connectivity index (χ1) is 16.9. The molecule has 3 aromatic rings. The number of rotatable bonds is 8. The fourth-order valence-electron chi connectivity index (χ4n) is 3.67. The van der Waals surface area contributed by atoms with Crippen LogP contribution in [-0.2, 0) is 16.2 Å². The highest BCUT2D eigenvalue weighted by Crippen LogP contribution is 2.33. The number of carbonyl (C=O) groups excluding carboxylic acids is 2. The van der Waals surface area contributed by atoms with Crippen LogP contribution in [0.15, 0.2) is 60.7 Å². The van der Waals surface area contributed by atoms with Crippen molar-refractivity contribution in [3.63, 3.8) is 0 Å². The van der Waals surface area contributed by atoms with Gasteiger partial charge in [0.05, 0.1) is 18.7 Å². The topological polar surface area (TPSA) is 79.9 Å². The molecule has 1 aliphatic rings. The first kappa shape index (κ1) is 25.0. The molecule has 2 amide bonds. The van der Waals surface area contributed by atoms with E-state index in [-0.39, 0.29) is 31.4 Å². The predicted molar refractivity (Wildman–Crippen MR) is 137 cm³/mol. The molecule has 3 aromatic carbocycles. The summed E-state index contributed by atoms with van der Waals surface area (Å²) in [4.78, 5) is 26.7. The quantitative estimate of drug-likeness (QED) is 0.361. The smallest absolute Gasteiger partial charge is 0.243 e. The third-order valence-electron chi connectivity index (χ3n) is 5.56. The molecule has 10 heteroatoms. The molecule has 4 rings (SSSR count). The molecule has 0 aromatic heterocycles. The minimum Gasteiger partial charge on any atom is -0.493 e. The molecule has 1 aliphatic heterocycles. The number of carbonyl (C=O) groups is 2. The van der Waals surface area contributed by atoms with E-state index < -0.39 is 5.92 Å². The van der Waals surface area contributed by atoms with E-state index in [0.29, 0.717) is 43.5 Å². The molecular formula is C25H22Cl3N3O4. The molecule has 35 heavy (non-hydrogen) atoms. The highest BCUT2D eigenvalue weighted by molar-refractivity contribution is 6.36. The number of hydrazine groups is 1. The Balaban J connectivity index is 1.35. The van der Waals surface area contributed by atoms with Gasteiger partial charge in [0.2, 0.25) is 11.8 Å². The van der Waals surface area contributed by atoms with Crippen molar-refractivity contribution in [1.29, 1.82) is 0 Å². The van der Waals surface area contributed by atoms with Gasteiger partial charge in [0.15, 0.2) is 11.5 Å². The summed E-state index contributed by atoms with van der Waals surface area (Å²) in [5.74, 6) is 0.0463. The molecule has 0 spiro atoms. The number of hydrogen-bond donors (Lipinski definition) is 2. The van der Waals surface area contributed by atoms with Gasteiger partial charge in [0.25, 0.3) is 0 Å². The Kier molecular flexibility index (Phi) is 7.90. The largest absolute Gasteiger partial charge is 0.493 e. The van der Waals surface area contributed by atoms with Crippen molar-refractivity contribution in [2.24, 2.45) is 5.92 Å². The number of ether oxygens (including phenoxy) is 2. The van der Waals surface area contributed by atoms with E-state index in [1.165, 1.54) is 7.11 Å². The van der Waals surface area contributed by atoms with Crippen molar-refractivity contribution < 1.29 is 19.1 Å². The second-order valence-corrected chi connectivity index (χ2v) is 9.10. The van der Waals surface area contributed by atoms with Crippen LogP contribution in [0.1, 0.15) is 12.0 Å². The van der Waals surface area contributed by atoms with Crippen LogP contribution in [0.5, 0.6) is 11.5 Å². The predicted octanol–water partition coefficient (Wildman–Crippen LogP) is 5.73. The third-order valence-corrected chi connectivity index (χ3v) is 6.52. The highest BCUT2D eigenvalue weighted by Gasteiger charge is 2.35. The number of nitrogens with zero attached hydrogens (tertiary/aromatic N) is 1. The molecule has 0 bridgehead atoms. The Bertz CT molecular complexity index is 1220. The van der Waals surface area contributed by atoms with Crippen LogP contribution < -0.4 is 25.2 Å². The molecule has 1 heterocycles. The summed E-state index contributed by atoms with van der Waals surface area (Å²) >= 11 is 18.3. The van der Waals surface area contributed by atoms with Crippen LogP contribution in [0, 0.1) is 5.92 Å². The standard InChI is InChI=1S/C25H22Cl3N3O4/c1-34-23-12-17(7-10-22(23)35-14-19-20(27)3-2-4-21(19)28)29-30-25(33)15-11-24(32)31(13-15)18-8-5-16(26)6-9-18/h2-10,12,15,29H,11,13-14H2,1H3,(H,30,33)/t15-/m0/s1. The molecule has 1 saturated heterocycles. The average Bonchev–Trinajstić information content (AvgIpc) is 3.24. The van der Waals surface area contributed by atoms with Gasteiger partial charge >= 0.3 is 0 Å². The third kappa shape index (κ3) is 5.93. The molecule has 1 atom stereocenters. The molecular weight excluding hydrogens is 513 g/mol. The van der Waals surface area contributed by atoms with E-state index in [0.717, 1.165) is 0 Å². The first-order valence-corrected chi connectivity index (χ1v) is 11.8. The number of benzene rings is 3. The molecule has 0 unspecified atom stereocenters. The Morgan fingerprint density at radius 1 is 1.03 bits per heavy atom. The molecule has 7 nitrogen and oxygen atoms in total. The van der Waals surface area contributed by atoms with Gasteiger partial charge in [0.1, 0.15) is 6.61 Å². The zero-order valence-electron chi connectivity index (χ0n) is 18.7. The lowest BCUT2D eigenvalue weighted by Crippen LogP contribution is -2.36. The van der Waals surface area contributed by atoms with Crippen molar-refractivity contribution in [3.8, 4) is 11.5 Å². The van der Waals surface area contributed by atoms with Crippen molar-refractivity contribution in [2.75, 3.05) is 24.0 Å². The maximum atomic E-state index is 12.7. The van der Waals surface area contributed by atoms with Gasteiger partial charge in [-0.05, 0) is 48.5 Å². The fourth-order valence-corrected chi connectivity index (χ4v) is 4.31. The fraction of sp³-hybridized carbons (Fsp3) is 0.200. The SMILES string of the molecule is COc1cc(NNC(=O)[C@H]2CC(=O)N(c3ccc(Cl)cc3)C2)ccc1OCc1c(Cl)cccc1Cl. The lowest BCUT2D eigenvalue weighted by atomic mass is 10.1. The number of anilines is 2. The lowest BCUT2D eigenvalue weighted by Gasteiger charge is -2.17. The van der Waals surface area contributed by atoms with Crippen LogP contribution in [-0.4, -0.2) is 25.5 Å². The van der Waals surface area contributed by atoms with E-state index >= 15 is 0 Å². The van der Waals surface area contributed by atoms with Gasteiger partial charge in [-0.25, -0.2) is 0 Å². The second-order valence-electron chi connectivity index (χ2n) is 7.85. The zero-order chi connectivity index (χ0) is 24.9. The van der Waals surface area contributed by atoms with Gasteiger partial charge < -0.3 is 14.4 Å². The van der Waals surface area contributed by atoms with Gasteiger partial charge in [-0.15, -0.1) is 0 Å². The summed E-state index contributed by atoms with van der Waals surface area (Å²) < 4.78 is 11.3. The van der Waals surface area contributed by atoms with Crippen molar-refractivity contribution in [1.82, 2.24) is 5.43 Å². The highest BCUT2D eigenvalue weighted by atomic mass is 35.5. The first-order valence-electron chi connectivity index (χ1n) is 10.7. The van der Waals surface area contributed by atoms with E-state index in [2.05, 4.69) is 10.9 Å². The number of halogens is 3. The summed E-state index contributed by atoms with van der Waals surface area (Å²) in [6, 6.07) is 17.3. The maximum absolute atomic E-state index is 12.7. The average molecular weight is 535 g/mol. The lowest BCUT2D eigenvalue weighted by molar-refractivity contribution is -0.125. The van der Waals surface area contributed by atoms with Crippen molar-refractivity contribution in [3.05, 3.63) is 81.3 Å². The normalized spacial score (nSPS) is 15.1. The Labute approximate surface area is 217 Å². The molecule has 0 saturated carbocycles. The van der Waals surface area contributed by atoms with Crippen LogP contribution in [0.25, 0.3) is 0 Å². The van der Waals surface area contributed by atoms with Crippen LogP contribution in [0.3, 0.4) is 0 Å². The number of amides is 2. The molecule has 2 N–H and O–H groups in total. The maximum Gasteiger partial charge on any atom is 0.243 e. The molecule has 0 radical (unpaired) electrons. The van der Waals surface area contributed by atoms with Gasteiger partial charge in [-0.3, -0.25) is 20.4 Å². The van der Waals surface area contributed by atoms with Gasteiger partial charge in [-0.1, -0.05) is 40.9 Å². The van der Waals surface area contributed by atoms with Gasteiger partial charge in [-0.2, -0.15) is 0 Å². The van der Waals surface area contributed by atoms with E-state index in [9.17, 15) is 9.59 Å². The summed E-state index contributed by atoms with van der Waals surface area (Å²) in [6.45, 7) is 0.451. The second kappa shape index (κ2) is 11.1. The van der Waals surface area contributed by atoms with Crippen LogP contribution >= 0.6 is 34.8 Å². The monoisotopic (exact) mass is 533 g/mol. The van der Waals surface area contributed by atoms with E-state index in [1.54, 1.807) is 65.6 Å². The molecule has 1 fully saturated rings. The van der Waals surface area contributed by atoms with Gasteiger partial charge in [0, 0.05) is 45.4 Å². The Hall–Kier alpha value is -3.13. The van der Waals surface area contributed by atoms with Crippen molar-refractivity contribution in [2.45, 2.75) is 13.0 Å². The molecule has 182 valence electrons. The number of nitrogens with one attached hydrogen (secondary N) is 2. The summed E-state index contributed by atoms with van der Waals surface area (Å²) in [5.41, 5.74) is 7.50. The Morgan fingerprint density at radius 2 is 1.74 bits per heavy atom. The van der Waals surface area contributed by atoms with Crippen molar-refractivity contribution >= 4 is 58.0 Å². The number of methoxy groups -OCH3 is 1. The van der Waals surface area contributed by atoms with Crippen LogP contribution in [0.4, 0.5) is 11.4 Å². The molecule has 0 aliphatic carbocycles. The zero-order valence-corrected chi connectivity index (χ0v) is 21.0. The minimum atomic E-state index is -0.490. The van der Waals surface area contributed by atoms with Crippen LogP contribution in [0.2, 0.25) is 15.1 Å².